The van der Waals surface area contributed by atoms with Crippen molar-refractivity contribution < 1.29 is 4.74 Å². The molecule has 0 amide bonds. The Morgan fingerprint density at radius 2 is 2.24 bits per heavy atom. The monoisotopic (exact) mass is 530 g/mol. The van der Waals surface area contributed by atoms with Crippen LogP contribution in [0.15, 0.2) is 28.7 Å². The van der Waals surface area contributed by atoms with Gasteiger partial charge in [-0.15, -0.1) is 35.3 Å². The van der Waals surface area contributed by atoms with Crippen molar-refractivity contribution in [2.24, 2.45) is 4.99 Å². The van der Waals surface area contributed by atoms with E-state index in [9.17, 15) is 0 Å². The summed E-state index contributed by atoms with van der Waals surface area (Å²) in [6.07, 6.45) is 3.06. The third kappa shape index (κ3) is 7.71. The van der Waals surface area contributed by atoms with Gasteiger partial charge in [0, 0.05) is 44.2 Å². The molecule has 0 spiro atoms. The summed E-state index contributed by atoms with van der Waals surface area (Å²) in [6.45, 7) is 11.0. The molecule has 1 unspecified atom stereocenters. The highest BCUT2D eigenvalue weighted by Gasteiger charge is 2.17. The number of thiazole rings is 1. The van der Waals surface area contributed by atoms with E-state index in [2.05, 4.69) is 61.9 Å². The Hall–Kier alpha value is -1.46. The Kier molecular flexibility index (Phi) is 10.1. The van der Waals surface area contributed by atoms with Crippen LogP contribution in [0.4, 0.5) is 5.82 Å². The molecule has 0 bridgehead atoms. The van der Waals surface area contributed by atoms with Crippen LogP contribution in [0.2, 0.25) is 0 Å². The second-order valence-electron chi connectivity index (χ2n) is 6.88. The Bertz CT molecular complexity index is 767. The van der Waals surface area contributed by atoms with Gasteiger partial charge in [-0.05, 0) is 32.4 Å². The number of hydrogen-bond donors (Lipinski definition) is 2. The molecule has 0 saturated carbocycles. The van der Waals surface area contributed by atoms with Gasteiger partial charge in [0.1, 0.15) is 5.82 Å². The SMILES string of the molecule is CCNC(=NCc1ccc(N2CCOC(C)C2)nc1)NCCc1csc(C)n1.I. The molecule has 0 aromatic carbocycles. The predicted octanol–water partition coefficient (Wildman–Crippen LogP) is 2.99. The lowest BCUT2D eigenvalue weighted by atomic mass is 10.2. The van der Waals surface area contributed by atoms with Gasteiger partial charge in [-0.1, -0.05) is 6.07 Å². The maximum atomic E-state index is 5.60. The molecular weight excluding hydrogens is 499 g/mol. The number of nitrogens with one attached hydrogen (secondary N) is 2. The molecule has 0 radical (unpaired) electrons. The maximum absolute atomic E-state index is 5.60. The van der Waals surface area contributed by atoms with E-state index in [0.29, 0.717) is 6.54 Å². The van der Waals surface area contributed by atoms with Crippen LogP contribution in [0, 0.1) is 6.92 Å². The standard InChI is InChI=1S/C20H30N6OS.HI/c1-4-21-20(22-8-7-18-14-28-16(3)25-18)24-12-17-5-6-19(23-11-17)26-9-10-27-15(2)13-26;/h5-6,11,14-15H,4,7-10,12-13H2,1-3H3,(H2,21,22,24);1H. The molecule has 1 aliphatic heterocycles. The summed E-state index contributed by atoms with van der Waals surface area (Å²) in [6, 6.07) is 4.18. The first kappa shape index (κ1) is 23.8. The minimum Gasteiger partial charge on any atom is -0.375 e. The number of halogens is 1. The Morgan fingerprint density at radius 1 is 1.38 bits per heavy atom. The largest absolute Gasteiger partial charge is 0.375 e. The number of anilines is 1. The molecule has 3 heterocycles. The van der Waals surface area contributed by atoms with Crippen LogP contribution < -0.4 is 15.5 Å². The number of aromatic nitrogens is 2. The first-order valence-corrected chi connectivity index (χ1v) is 10.8. The molecule has 1 fully saturated rings. The van der Waals surface area contributed by atoms with E-state index in [4.69, 9.17) is 4.74 Å². The zero-order chi connectivity index (χ0) is 19.8. The average molecular weight is 530 g/mol. The number of guanidine groups is 1. The number of nitrogens with zero attached hydrogens (tertiary/aromatic N) is 4. The van der Waals surface area contributed by atoms with Gasteiger partial charge in [-0.2, -0.15) is 0 Å². The molecular formula is C20H31IN6OS. The highest BCUT2D eigenvalue weighted by atomic mass is 127. The number of aliphatic imine (C=N–C) groups is 1. The van der Waals surface area contributed by atoms with Crippen LogP contribution in [0.25, 0.3) is 0 Å². The van der Waals surface area contributed by atoms with Crippen molar-refractivity contribution in [1.82, 2.24) is 20.6 Å². The Labute approximate surface area is 194 Å². The minimum atomic E-state index is 0. The van der Waals surface area contributed by atoms with Crippen LogP contribution in [-0.2, 0) is 17.7 Å². The summed E-state index contributed by atoms with van der Waals surface area (Å²) in [7, 11) is 0. The molecule has 3 rings (SSSR count). The lowest BCUT2D eigenvalue weighted by molar-refractivity contribution is 0.0529. The Balaban J connectivity index is 0.00000300. The summed E-state index contributed by atoms with van der Waals surface area (Å²) in [5, 5.41) is 9.89. The molecule has 1 atom stereocenters. The Morgan fingerprint density at radius 3 is 2.90 bits per heavy atom. The maximum Gasteiger partial charge on any atom is 0.191 e. The van der Waals surface area contributed by atoms with Gasteiger partial charge in [0.25, 0.3) is 0 Å². The van der Waals surface area contributed by atoms with E-state index in [0.717, 1.165) is 67.2 Å². The molecule has 2 aromatic rings. The average Bonchev–Trinajstić information content (AvgIpc) is 3.11. The number of hydrogen-bond acceptors (Lipinski definition) is 6. The van der Waals surface area contributed by atoms with E-state index in [1.165, 1.54) is 0 Å². The fourth-order valence-corrected chi connectivity index (χ4v) is 3.72. The predicted molar refractivity (Wildman–Crippen MR) is 131 cm³/mol. The summed E-state index contributed by atoms with van der Waals surface area (Å²) < 4.78 is 5.60. The highest BCUT2D eigenvalue weighted by Crippen LogP contribution is 2.15. The second kappa shape index (κ2) is 12.3. The van der Waals surface area contributed by atoms with Crippen LogP contribution in [0.5, 0.6) is 0 Å². The highest BCUT2D eigenvalue weighted by molar-refractivity contribution is 14.0. The van der Waals surface area contributed by atoms with E-state index in [1.807, 2.05) is 13.1 Å². The number of pyridine rings is 1. The zero-order valence-electron chi connectivity index (χ0n) is 17.4. The fourth-order valence-electron chi connectivity index (χ4n) is 3.07. The van der Waals surface area contributed by atoms with Crippen LogP contribution in [0.3, 0.4) is 0 Å². The second-order valence-corrected chi connectivity index (χ2v) is 7.94. The van der Waals surface area contributed by atoms with E-state index < -0.39 is 0 Å². The quantitative estimate of drug-likeness (QED) is 0.326. The molecule has 2 aromatic heterocycles. The first-order valence-electron chi connectivity index (χ1n) is 9.88. The van der Waals surface area contributed by atoms with Crippen LogP contribution in [-0.4, -0.2) is 54.8 Å². The minimum absolute atomic E-state index is 0. The van der Waals surface area contributed by atoms with E-state index >= 15 is 0 Å². The third-order valence-electron chi connectivity index (χ3n) is 4.48. The van der Waals surface area contributed by atoms with Crippen molar-refractivity contribution in [3.63, 3.8) is 0 Å². The summed E-state index contributed by atoms with van der Waals surface area (Å²) in [5.74, 6) is 1.83. The summed E-state index contributed by atoms with van der Waals surface area (Å²) in [4.78, 5) is 16.1. The van der Waals surface area contributed by atoms with Crippen LogP contribution >= 0.6 is 35.3 Å². The molecule has 29 heavy (non-hydrogen) atoms. The van der Waals surface area contributed by atoms with Gasteiger partial charge in [0.2, 0.25) is 0 Å². The third-order valence-corrected chi connectivity index (χ3v) is 5.30. The zero-order valence-corrected chi connectivity index (χ0v) is 20.5. The molecule has 7 nitrogen and oxygen atoms in total. The fraction of sp³-hybridized carbons (Fsp3) is 0.550. The topological polar surface area (TPSA) is 74.7 Å². The molecule has 9 heteroatoms. The van der Waals surface area contributed by atoms with E-state index in [-0.39, 0.29) is 30.1 Å². The number of aryl methyl sites for hydroxylation is 1. The van der Waals surface area contributed by atoms with Crippen molar-refractivity contribution in [3.8, 4) is 0 Å². The lowest BCUT2D eigenvalue weighted by Gasteiger charge is -2.32. The molecule has 0 aliphatic carbocycles. The van der Waals surface area contributed by atoms with Gasteiger partial charge in [-0.3, -0.25) is 0 Å². The van der Waals surface area contributed by atoms with Crippen molar-refractivity contribution in [3.05, 3.63) is 40.0 Å². The van der Waals surface area contributed by atoms with Gasteiger partial charge in [0.05, 0.1) is 30.0 Å². The number of morpholine rings is 1. The van der Waals surface area contributed by atoms with Gasteiger partial charge in [0.15, 0.2) is 5.96 Å². The van der Waals surface area contributed by atoms with Gasteiger partial charge in [-0.25, -0.2) is 15.0 Å². The van der Waals surface area contributed by atoms with Gasteiger partial charge < -0.3 is 20.3 Å². The first-order chi connectivity index (χ1) is 13.6. The normalized spacial score (nSPS) is 17.0. The summed E-state index contributed by atoms with van der Waals surface area (Å²) >= 11 is 1.69. The number of rotatable bonds is 7. The van der Waals surface area contributed by atoms with Crippen molar-refractivity contribution in [1.29, 1.82) is 0 Å². The molecule has 160 valence electrons. The molecule has 2 N–H and O–H groups in total. The van der Waals surface area contributed by atoms with Gasteiger partial charge >= 0.3 is 0 Å². The van der Waals surface area contributed by atoms with Crippen molar-refractivity contribution >= 4 is 47.1 Å². The van der Waals surface area contributed by atoms with Crippen molar-refractivity contribution in [2.75, 3.05) is 37.7 Å². The van der Waals surface area contributed by atoms with Crippen molar-refractivity contribution in [2.45, 2.75) is 39.8 Å². The number of ether oxygens (including phenoxy) is 1. The summed E-state index contributed by atoms with van der Waals surface area (Å²) in [5.41, 5.74) is 2.22. The smallest absolute Gasteiger partial charge is 0.191 e. The molecule has 1 saturated heterocycles. The molecule has 1 aliphatic rings. The lowest BCUT2D eigenvalue weighted by Crippen LogP contribution is -2.41. The van der Waals surface area contributed by atoms with E-state index in [1.54, 1.807) is 11.3 Å². The van der Waals surface area contributed by atoms with Crippen LogP contribution in [0.1, 0.15) is 30.1 Å².